The number of phenolic OH excluding ortho intramolecular Hbond substituents is 2. The lowest BCUT2D eigenvalue weighted by atomic mass is 10.2. The Morgan fingerprint density at radius 1 is 0.960 bits per heavy atom. The van der Waals surface area contributed by atoms with Gasteiger partial charge in [-0.3, -0.25) is 4.90 Å². The van der Waals surface area contributed by atoms with Gasteiger partial charge in [-0.05, 0) is 18.6 Å². The molecule has 2 aromatic carbocycles. The molecule has 2 aromatic rings. The lowest BCUT2D eigenvalue weighted by Crippen LogP contribution is -2.33. The molecule has 3 N–H and O–H groups in total. The first-order chi connectivity index (χ1) is 12.2. The number of rotatable bonds is 11. The van der Waals surface area contributed by atoms with Crippen molar-refractivity contribution in [3.05, 3.63) is 59.7 Å². The van der Waals surface area contributed by atoms with Crippen LogP contribution in [0.1, 0.15) is 24.5 Å². The summed E-state index contributed by atoms with van der Waals surface area (Å²) < 4.78 is 5.67. The van der Waals surface area contributed by atoms with Gasteiger partial charge < -0.3 is 20.3 Å². The fraction of sp³-hybridized carbons (Fsp3) is 0.400. The molecule has 0 saturated carbocycles. The lowest BCUT2D eigenvalue weighted by molar-refractivity contribution is 0.0246. The van der Waals surface area contributed by atoms with Crippen molar-refractivity contribution in [2.24, 2.45) is 0 Å². The third-order valence-corrected chi connectivity index (χ3v) is 3.92. The SMILES string of the molecule is CCCOCN(CCNCc1ccccc1O)Cc1ccccc1O. The molecule has 136 valence electrons. The molecule has 0 unspecified atom stereocenters. The van der Waals surface area contributed by atoms with Crippen LogP contribution in [0.15, 0.2) is 48.5 Å². The fourth-order valence-electron chi connectivity index (χ4n) is 2.53. The van der Waals surface area contributed by atoms with Crippen molar-refractivity contribution in [2.75, 3.05) is 26.4 Å². The summed E-state index contributed by atoms with van der Waals surface area (Å²) >= 11 is 0. The maximum atomic E-state index is 9.97. The van der Waals surface area contributed by atoms with Crippen LogP contribution < -0.4 is 5.32 Å². The standard InChI is InChI=1S/C20H28N2O3/c1-2-13-25-16-22(15-18-8-4-6-10-20(18)24)12-11-21-14-17-7-3-5-9-19(17)23/h3-10,21,23-24H,2,11-16H2,1H3. The molecule has 0 heterocycles. The number of ether oxygens (including phenoxy) is 1. The Morgan fingerprint density at radius 2 is 1.60 bits per heavy atom. The van der Waals surface area contributed by atoms with Gasteiger partial charge in [-0.1, -0.05) is 43.3 Å². The van der Waals surface area contributed by atoms with Gasteiger partial charge in [0.2, 0.25) is 0 Å². The van der Waals surface area contributed by atoms with Crippen LogP contribution in [-0.2, 0) is 17.8 Å². The molecule has 0 aromatic heterocycles. The summed E-state index contributed by atoms with van der Waals surface area (Å²) in [5.74, 6) is 0.623. The molecular weight excluding hydrogens is 316 g/mol. The number of hydrogen-bond acceptors (Lipinski definition) is 5. The van der Waals surface area contributed by atoms with Gasteiger partial charge in [-0.2, -0.15) is 0 Å². The van der Waals surface area contributed by atoms with Crippen molar-refractivity contribution < 1.29 is 14.9 Å². The second-order valence-electron chi connectivity index (χ2n) is 6.02. The summed E-state index contributed by atoms with van der Waals surface area (Å²) in [6.07, 6.45) is 0.982. The van der Waals surface area contributed by atoms with E-state index in [4.69, 9.17) is 4.74 Å². The third kappa shape index (κ3) is 6.74. The summed E-state index contributed by atoms with van der Waals surface area (Å²) in [6, 6.07) is 14.7. The quantitative estimate of drug-likeness (QED) is 0.432. The Kier molecular flexibility index (Phi) is 8.25. The molecule has 0 saturated heterocycles. The van der Waals surface area contributed by atoms with E-state index in [-0.39, 0.29) is 0 Å². The van der Waals surface area contributed by atoms with Crippen LogP contribution in [0.5, 0.6) is 11.5 Å². The van der Waals surface area contributed by atoms with Crippen molar-refractivity contribution >= 4 is 0 Å². The summed E-state index contributed by atoms with van der Waals surface area (Å²) in [7, 11) is 0. The van der Waals surface area contributed by atoms with E-state index in [9.17, 15) is 10.2 Å². The molecule has 5 nitrogen and oxygen atoms in total. The van der Waals surface area contributed by atoms with Crippen molar-refractivity contribution in [1.82, 2.24) is 10.2 Å². The van der Waals surface area contributed by atoms with Gasteiger partial charge in [0.15, 0.2) is 0 Å². The minimum atomic E-state index is 0.310. The first-order valence-electron chi connectivity index (χ1n) is 8.75. The molecule has 25 heavy (non-hydrogen) atoms. The van der Waals surface area contributed by atoms with E-state index < -0.39 is 0 Å². The van der Waals surface area contributed by atoms with Crippen molar-refractivity contribution in [1.29, 1.82) is 0 Å². The topological polar surface area (TPSA) is 65.0 Å². The molecular formula is C20H28N2O3. The zero-order chi connectivity index (χ0) is 17.9. The normalized spacial score (nSPS) is 11.1. The molecule has 0 fully saturated rings. The molecule has 0 radical (unpaired) electrons. The van der Waals surface area contributed by atoms with Gasteiger partial charge in [0.05, 0.1) is 6.73 Å². The number of para-hydroxylation sites is 2. The highest BCUT2D eigenvalue weighted by molar-refractivity contribution is 5.32. The predicted octanol–water partition coefficient (Wildman–Crippen LogP) is 3.07. The average Bonchev–Trinajstić information content (AvgIpc) is 2.62. The Bertz CT molecular complexity index is 634. The van der Waals surface area contributed by atoms with Crippen LogP contribution in [0.3, 0.4) is 0 Å². The van der Waals surface area contributed by atoms with Crippen LogP contribution in [0, 0.1) is 0 Å². The number of hydrogen-bond donors (Lipinski definition) is 3. The van der Waals surface area contributed by atoms with Gasteiger partial charge >= 0.3 is 0 Å². The molecule has 5 heteroatoms. The molecule has 0 spiro atoms. The smallest absolute Gasteiger partial charge is 0.120 e. The number of phenols is 2. The lowest BCUT2D eigenvalue weighted by Gasteiger charge is -2.23. The van der Waals surface area contributed by atoms with E-state index in [0.29, 0.717) is 31.3 Å². The van der Waals surface area contributed by atoms with Crippen molar-refractivity contribution in [3.63, 3.8) is 0 Å². The minimum absolute atomic E-state index is 0.310. The van der Waals surface area contributed by atoms with Crippen LogP contribution in [-0.4, -0.2) is 41.5 Å². The Morgan fingerprint density at radius 3 is 2.24 bits per heavy atom. The zero-order valence-electron chi connectivity index (χ0n) is 14.8. The summed E-state index contributed by atoms with van der Waals surface area (Å²) in [5.41, 5.74) is 1.78. The number of nitrogens with zero attached hydrogens (tertiary/aromatic N) is 1. The van der Waals surface area contributed by atoms with E-state index in [1.807, 2.05) is 36.4 Å². The maximum absolute atomic E-state index is 9.97. The molecule has 0 atom stereocenters. The Hall–Kier alpha value is -2.08. The highest BCUT2D eigenvalue weighted by Gasteiger charge is 2.09. The highest BCUT2D eigenvalue weighted by Crippen LogP contribution is 2.18. The Labute approximate surface area is 149 Å². The van der Waals surface area contributed by atoms with E-state index >= 15 is 0 Å². The van der Waals surface area contributed by atoms with Crippen LogP contribution in [0.2, 0.25) is 0 Å². The maximum Gasteiger partial charge on any atom is 0.120 e. The van der Waals surface area contributed by atoms with Crippen LogP contribution in [0.25, 0.3) is 0 Å². The number of benzene rings is 2. The summed E-state index contributed by atoms with van der Waals surface area (Å²) in [5, 5.41) is 23.1. The minimum Gasteiger partial charge on any atom is -0.508 e. The molecule has 0 bridgehead atoms. The van der Waals surface area contributed by atoms with E-state index in [0.717, 1.165) is 37.2 Å². The fourth-order valence-corrected chi connectivity index (χ4v) is 2.53. The van der Waals surface area contributed by atoms with Gasteiger partial charge in [-0.15, -0.1) is 0 Å². The summed E-state index contributed by atoms with van der Waals surface area (Å²) in [6.45, 7) is 6.13. The van der Waals surface area contributed by atoms with Gasteiger partial charge in [-0.25, -0.2) is 0 Å². The van der Waals surface area contributed by atoms with Crippen LogP contribution in [0.4, 0.5) is 0 Å². The second-order valence-corrected chi connectivity index (χ2v) is 6.02. The number of aromatic hydroxyl groups is 2. The first kappa shape index (κ1) is 19.2. The largest absolute Gasteiger partial charge is 0.508 e. The molecule has 0 aliphatic heterocycles. The van der Waals surface area contributed by atoms with E-state index in [1.54, 1.807) is 12.1 Å². The monoisotopic (exact) mass is 344 g/mol. The number of nitrogens with one attached hydrogen (secondary N) is 1. The van der Waals surface area contributed by atoms with E-state index in [2.05, 4.69) is 17.1 Å². The molecule has 2 rings (SSSR count). The van der Waals surface area contributed by atoms with E-state index in [1.165, 1.54) is 0 Å². The van der Waals surface area contributed by atoms with Crippen molar-refractivity contribution in [2.45, 2.75) is 26.4 Å². The summed E-state index contributed by atoms with van der Waals surface area (Å²) in [4.78, 5) is 2.16. The Balaban J connectivity index is 1.83. The van der Waals surface area contributed by atoms with Gasteiger partial charge in [0, 0.05) is 43.9 Å². The van der Waals surface area contributed by atoms with Crippen LogP contribution >= 0.6 is 0 Å². The predicted molar refractivity (Wildman–Crippen MR) is 99.4 cm³/mol. The first-order valence-corrected chi connectivity index (χ1v) is 8.75. The second kappa shape index (κ2) is 10.7. The third-order valence-electron chi connectivity index (χ3n) is 3.92. The molecule has 0 aliphatic rings. The highest BCUT2D eigenvalue weighted by atomic mass is 16.5. The van der Waals surface area contributed by atoms with Gasteiger partial charge in [0.25, 0.3) is 0 Å². The average molecular weight is 344 g/mol. The molecule has 0 aliphatic carbocycles. The van der Waals surface area contributed by atoms with Gasteiger partial charge in [0.1, 0.15) is 11.5 Å². The van der Waals surface area contributed by atoms with Crippen molar-refractivity contribution in [3.8, 4) is 11.5 Å². The zero-order valence-corrected chi connectivity index (χ0v) is 14.8. The molecule has 0 amide bonds.